The molecule has 0 aromatic rings. The van der Waals surface area contributed by atoms with E-state index in [1.54, 1.807) is 13.8 Å². The van der Waals surface area contributed by atoms with E-state index in [2.05, 4.69) is 22.5 Å². The Morgan fingerprint density at radius 1 is 1.33 bits per heavy atom. The number of rotatable bonds is 7. The first kappa shape index (κ1) is 17.8. The molecule has 0 aromatic carbocycles. The lowest BCUT2D eigenvalue weighted by Gasteiger charge is -2.33. The standard InChI is InChI=1S/C15H29N3O3/c1-12-7-4-5-9-18(12)10-6-8-16-14(21)17-15(2,3)11-13(19)20/h12H,4-11H2,1-3H3,(H,19,20)(H2,16,17,21). The Labute approximate surface area is 127 Å². The fourth-order valence-corrected chi connectivity index (χ4v) is 2.75. The van der Waals surface area contributed by atoms with Crippen molar-refractivity contribution in [2.24, 2.45) is 0 Å². The van der Waals surface area contributed by atoms with Crippen molar-refractivity contribution in [3.8, 4) is 0 Å². The van der Waals surface area contributed by atoms with E-state index in [4.69, 9.17) is 5.11 Å². The van der Waals surface area contributed by atoms with Crippen LogP contribution in [0.1, 0.15) is 52.9 Å². The summed E-state index contributed by atoms with van der Waals surface area (Å²) in [6.07, 6.45) is 4.67. The highest BCUT2D eigenvalue weighted by Gasteiger charge is 2.23. The number of piperidine rings is 1. The van der Waals surface area contributed by atoms with E-state index < -0.39 is 11.5 Å². The van der Waals surface area contributed by atoms with Crippen molar-refractivity contribution in [2.45, 2.75) is 64.5 Å². The second-order valence-corrected chi connectivity index (χ2v) is 6.57. The molecule has 6 heteroatoms. The summed E-state index contributed by atoms with van der Waals surface area (Å²) in [5, 5.41) is 14.3. The van der Waals surface area contributed by atoms with Crippen molar-refractivity contribution >= 4 is 12.0 Å². The molecule has 1 rings (SSSR count). The Bertz CT molecular complexity index is 358. The van der Waals surface area contributed by atoms with Crippen molar-refractivity contribution in [3.63, 3.8) is 0 Å². The first-order chi connectivity index (χ1) is 9.80. The van der Waals surface area contributed by atoms with Crippen LogP contribution in [0.5, 0.6) is 0 Å². The van der Waals surface area contributed by atoms with Gasteiger partial charge in [-0.3, -0.25) is 4.79 Å². The summed E-state index contributed by atoms with van der Waals surface area (Å²) in [5.74, 6) is -0.917. The summed E-state index contributed by atoms with van der Waals surface area (Å²) in [5.41, 5.74) is -0.739. The van der Waals surface area contributed by atoms with Crippen LogP contribution in [-0.4, -0.2) is 53.2 Å². The summed E-state index contributed by atoms with van der Waals surface area (Å²) in [6, 6.07) is 0.343. The van der Waals surface area contributed by atoms with E-state index in [9.17, 15) is 9.59 Å². The average Bonchev–Trinajstić information content (AvgIpc) is 2.34. The van der Waals surface area contributed by atoms with Crippen LogP contribution in [0.2, 0.25) is 0 Å². The molecule has 1 aliphatic heterocycles. The minimum Gasteiger partial charge on any atom is -0.481 e. The number of hydrogen-bond donors (Lipinski definition) is 3. The van der Waals surface area contributed by atoms with E-state index in [1.165, 1.54) is 19.3 Å². The predicted octanol–water partition coefficient (Wildman–Crippen LogP) is 1.80. The number of urea groups is 1. The highest BCUT2D eigenvalue weighted by molar-refractivity contribution is 5.76. The van der Waals surface area contributed by atoms with Crippen molar-refractivity contribution in [3.05, 3.63) is 0 Å². The van der Waals surface area contributed by atoms with Gasteiger partial charge in [-0.2, -0.15) is 0 Å². The maximum absolute atomic E-state index is 11.7. The molecule has 1 aliphatic rings. The topological polar surface area (TPSA) is 81.7 Å². The largest absolute Gasteiger partial charge is 0.481 e. The molecule has 1 unspecified atom stereocenters. The molecule has 1 fully saturated rings. The van der Waals surface area contributed by atoms with Crippen LogP contribution in [0.25, 0.3) is 0 Å². The number of carboxylic acid groups (broad SMARTS) is 1. The highest BCUT2D eigenvalue weighted by atomic mass is 16.4. The first-order valence-corrected chi connectivity index (χ1v) is 7.82. The van der Waals surface area contributed by atoms with Crippen molar-refractivity contribution < 1.29 is 14.7 Å². The smallest absolute Gasteiger partial charge is 0.315 e. The van der Waals surface area contributed by atoms with Crippen LogP contribution >= 0.6 is 0 Å². The van der Waals surface area contributed by atoms with Gasteiger partial charge in [0, 0.05) is 24.7 Å². The van der Waals surface area contributed by atoms with Gasteiger partial charge in [-0.15, -0.1) is 0 Å². The highest BCUT2D eigenvalue weighted by Crippen LogP contribution is 2.16. The SMILES string of the molecule is CC1CCCCN1CCCNC(=O)NC(C)(C)CC(=O)O. The number of amides is 2. The van der Waals surface area contributed by atoms with Gasteiger partial charge < -0.3 is 20.6 Å². The minimum absolute atomic E-state index is 0.0916. The van der Waals surface area contributed by atoms with Crippen molar-refractivity contribution in [1.29, 1.82) is 0 Å². The second-order valence-electron chi connectivity index (χ2n) is 6.57. The van der Waals surface area contributed by atoms with Crippen molar-refractivity contribution in [2.75, 3.05) is 19.6 Å². The van der Waals surface area contributed by atoms with Gasteiger partial charge >= 0.3 is 12.0 Å². The van der Waals surface area contributed by atoms with Gasteiger partial charge in [-0.1, -0.05) is 6.42 Å². The number of nitrogens with zero attached hydrogens (tertiary/aromatic N) is 1. The van der Waals surface area contributed by atoms with Gasteiger partial charge in [0.2, 0.25) is 0 Å². The Morgan fingerprint density at radius 2 is 2.05 bits per heavy atom. The molecule has 2 amide bonds. The summed E-state index contributed by atoms with van der Waals surface area (Å²) in [6.45, 7) is 8.43. The third kappa shape index (κ3) is 7.32. The third-order valence-corrected chi connectivity index (χ3v) is 3.89. The Balaban J connectivity index is 2.17. The number of carbonyl (C=O) groups excluding carboxylic acids is 1. The van der Waals surface area contributed by atoms with Crippen LogP contribution < -0.4 is 10.6 Å². The zero-order valence-corrected chi connectivity index (χ0v) is 13.4. The predicted molar refractivity (Wildman–Crippen MR) is 82.4 cm³/mol. The number of aliphatic carboxylic acids is 1. The maximum Gasteiger partial charge on any atom is 0.315 e. The monoisotopic (exact) mass is 299 g/mol. The fraction of sp³-hybridized carbons (Fsp3) is 0.867. The third-order valence-electron chi connectivity index (χ3n) is 3.89. The molecule has 1 atom stereocenters. The maximum atomic E-state index is 11.7. The van der Waals surface area contributed by atoms with E-state index in [0.717, 1.165) is 19.5 Å². The zero-order chi connectivity index (χ0) is 15.9. The van der Waals surface area contributed by atoms with Gasteiger partial charge in [-0.25, -0.2) is 4.79 Å². The molecule has 6 nitrogen and oxygen atoms in total. The fourth-order valence-electron chi connectivity index (χ4n) is 2.75. The number of carboxylic acids is 1. The van der Waals surface area contributed by atoms with E-state index in [0.29, 0.717) is 12.6 Å². The van der Waals surface area contributed by atoms with Crippen LogP contribution in [0.3, 0.4) is 0 Å². The van der Waals surface area contributed by atoms with Crippen LogP contribution in [0, 0.1) is 0 Å². The Hall–Kier alpha value is -1.30. The Kier molecular flexibility index (Phi) is 6.95. The number of nitrogens with one attached hydrogen (secondary N) is 2. The molecule has 1 saturated heterocycles. The molecule has 0 saturated carbocycles. The summed E-state index contributed by atoms with van der Waals surface area (Å²) in [4.78, 5) is 24.9. The molecule has 0 aliphatic carbocycles. The number of likely N-dealkylation sites (tertiary alicyclic amines) is 1. The lowest BCUT2D eigenvalue weighted by atomic mass is 10.0. The van der Waals surface area contributed by atoms with Gasteiger partial charge in [-0.05, 0) is 46.6 Å². The van der Waals surface area contributed by atoms with Crippen LogP contribution in [0.4, 0.5) is 4.79 Å². The van der Waals surface area contributed by atoms with E-state index in [-0.39, 0.29) is 12.5 Å². The number of hydrogen-bond acceptors (Lipinski definition) is 3. The molecule has 1 heterocycles. The quantitative estimate of drug-likeness (QED) is 0.626. The molecule has 0 aromatic heterocycles. The normalized spacial score (nSPS) is 20.0. The lowest BCUT2D eigenvalue weighted by Crippen LogP contribution is -2.49. The van der Waals surface area contributed by atoms with Crippen LogP contribution in [0.15, 0.2) is 0 Å². The molecule has 0 bridgehead atoms. The van der Waals surface area contributed by atoms with Crippen LogP contribution in [-0.2, 0) is 4.79 Å². The average molecular weight is 299 g/mol. The molecule has 0 spiro atoms. The van der Waals surface area contributed by atoms with Gasteiger partial charge in [0.05, 0.1) is 6.42 Å². The first-order valence-electron chi connectivity index (χ1n) is 7.82. The molecule has 0 radical (unpaired) electrons. The van der Waals surface area contributed by atoms with Crippen molar-refractivity contribution in [1.82, 2.24) is 15.5 Å². The molecule has 122 valence electrons. The summed E-state index contributed by atoms with van der Waals surface area (Å²) >= 11 is 0. The van der Waals surface area contributed by atoms with E-state index >= 15 is 0 Å². The second kappa shape index (κ2) is 8.22. The van der Waals surface area contributed by atoms with Gasteiger partial charge in [0.25, 0.3) is 0 Å². The lowest BCUT2D eigenvalue weighted by molar-refractivity contribution is -0.138. The summed E-state index contributed by atoms with van der Waals surface area (Å²) < 4.78 is 0. The number of carbonyl (C=O) groups is 2. The molecular weight excluding hydrogens is 270 g/mol. The molecule has 21 heavy (non-hydrogen) atoms. The minimum atomic E-state index is -0.917. The zero-order valence-electron chi connectivity index (χ0n) is 13.4. The molecular formula is C15H29N3O3. The van der Waals surface area contributed by atoms with E-state index in [1.807, 2.05) is 0 Å². The van der Waals surface area contributed by atoms with Gasteiger partial charge in [0.1, 0.15) is 0 Å². The summed E-state index contributed by atoms with van der Waals surface area (Å²) in [7, 11) is 0. The molecule has 3 N–H and O–H groups in total. The van der Waals surface area contributed by atoms with Gasteiger partial charge in [0.15, 0.2) is 0 Å². The Morgan fingerprint density at radius 3 is 2.67 bits per heavy atom.